The number of aliphatic hydroxyl groups is 1. The summed E-state index contributed by atoms with van der Waals surface area (Å²) >= 11 is 0. The van der Waals surface area contributed by atoms with Gasteiger partial charge in [0.2, 0.25) is 0 Å². The minimum absolute atomic E-state index is 0.103. The predicted octanol–water partition coefficient (Wildman–Crippen LogP) is 2.60. The van der Waals surface area contributed by atoms with Gasteiger partial charge in [-0.15, -0.1) is 0 Å². The summed E-state index contributed by atoms with van der Waals surface area (Å²) in [6.45, 7) is 2.22. The van der Waals surface area contributed by atoms with Crippen LogP contribution in [0.1, 0.15) is 23.7 Å². The zero-order valence-electron chi connectivity index (χ0n) is 13.7. The third-order valence-corrected chi connectivity index (χ3v) is 3.64. The molecule has 0 aliphatic rings. The van der Waals surface area contributed by atoms with E-state index in [0.717, 1.165) is 16.9 Å². The molecule has 23 heavy (non-hydrogen) atoms. The van der Waals surface area contributed by atoms with Crippen LogP contribution in [-0.2, 0) is 0 Å². The van der Waals surface area contributed by atoms with Crippen molar-refractivity contribution in [3.8, 4) is 16.9 Å². The number of methoxy groups -OCH3 is 1. The zero-order chi connectivity index (χ0) is 16.8. The van der Waals surface area contributed by atoms with E-state index in [9.17, 15) is 9.90 Å². The lowest BCUT2D eigenvalue weighted by atomic mass is 10.1. The number of ether oxygens (including phenoxy) is 1. The summed E-state index contributed by atoms with van der Waals surface area (Å²) < 4.78 is 5.15. The first-order valence-corrected chi connectivity index (χ1v) is 7.54. The Kier molecular flexibility index (Phi) is 5.71. The van der Waals surface area contributed by atoms with Crippen molar-refractivity contribution in [2.75, 3.05) is 20.7 Å². The monoisotopic (exact) mass is 314 g/mol. The maximum Gasteiger partial charge on any atom is 0.255 e. The van der Waals surface area contributed by atoms with Crippen LogP contribution in [0.4, 0.5) is 0 Å². The second-order valence-corrected chi connectivity index (χ2v) is 5.56. The molecule has 0 radical (unpaired) electrons. The van der Waals surface area contributed by atoms with Gasteiger partial charge in [-0.1, -0.05) is 12.1 Å². The lowest BCUT2D eigenvalue weighted by molar-refractivity contribution is 0.0768. The molecular formula is C18H22N2O3. The predicted molar refractivity (Wildman–Crippen MR) is 89.5 cm³/mol. The summed E-state index contributed by atoms with van der Waals surface area (Å²) in [4.78, 5) is 18.2. The Bertz CT molecular complexity index is 654. The average molecular weight is 314 g/mol. The number of aliphatic hydroxyl groups excluding tert-OH is 1. The number of hydrogen-bond acceptors (Lipinski definition) is 4. The summed E-state index contributed by atoms with van der Waals surface area (Å²) in [6.07, 6.45) is 3.42. The number of nitrogens with zero attached hydrogens (tertiary/aromatic N) is 2. The first-order valence-electron chi connectivity index (χ1n) is 7.54. The molecule has 1 atom stereocenters. The smallest absolute Gasteiger partial charge is 0.255 e. The maximum atomic E-state index is 12.4. The molecule has 1 unspecified atom stereocenters. The number of hydrogen-bond donors (Lipinski definition) is 1. The van der Waals surface area contributed by atoms with Gasteiger partial charge in [-0.25, -0.2) is 0 Å². The Morgan fingerprint density at radius 1 is 1.26 bits per heavy atom. The fourth-order valence-corrected chi connectivity index (χ4v) is 2.20. The van der Waals surface area contributed by atoms with E-state index >= 15 is 0 Å². The summed E-state index contributed by atoms with van der Waals surface area (Å²) in [5.74, 6) is 0.681. The van der Waals surface area contributed by atoms with E-state index in [1.807, 2.05) is 30.3 Å². The number of benzene rings is 1. The van der Waals surface area contributed by atoms with E-state index in [2.05, 4.69) is 4.98 Å². The third-order valence-electron chi connectivity index (χ3n) is 3.64. The summed E-state index contributed by atoms with van der Waals surface area (Å²) in [5.41, 5.74) is 2.38. The van der Waals surface area contributed by atoms with Crippen molar-refractivity contribution in [3.63, 3.8) is 0 Å². The van der Waals surface area contributed by atoms with Crippen LogP contribution in [0.5, 0.6) is 5.75 Å². The third kappa shape index (κ3) is 4.53. The Morgan fingerprint density at radius 2 is 1.96 bits per heavy atom. The Hall–Kier alpha value is -2.40. The molecule has 122 valence electrons. The topological polar surface area (TPSA) is 62.7 Å². The van der Waals surface area contributed by atoms with Gasteiger partial charge in [0, 0.05) is 31.5 Å². The summed E-state index contributed by atoms with van der Waals surface area (Å²) in [7, 11) is 3.35. The average Bonchev–Trinajstić information content (AvgIpc) is 2.59. The van der Waals surface area contributed by atoms with Gasteiger partial charge in [-0.3, -0.25) is 9.78 Å². The quantitative estimate of drug-likeness (QED) is 0.890. The molecule has 0 fully saturated rings. The van der Waals surface area contributed by atoms with Crippen molar-refractivity contribution in [1.82, 2.24) is 9.88 Å². The minimum atomic E-state index is -0.422. The molecule has 0 spiro atoms. The van der Waals surface area contributed by atoms with Crippen molar-refractivity contribution in [1.29, 1.82) is 0 Å². The molecule has 0 aliphatic carbocycles. The van der Waals surface area contributed by atoms with Crippen molar-refractivity contribution in [3.05, 3.63) is 48.3 Å². The van der Waals surface area contributed by atoms with Gasteiger partial charge >= 0.3 is 0 Å². The number of rotatable bonds is 6. The van der Waals surface area contributed by atoms with Crippen LogP contribution in [0.3, 0.4) is 0 Å². The lowest BCUT2D eigenvalue weighted by Crippen LogP contribution is -2.29. The van der Waals surface area contributed by atoms with Gasteiger partial charge in [0.05, 0.1) is 18.8 Å². The molecule has 0 saturated carbocycles. The van der Waals surface area contributed by atoms with E-state index < -0.39 is 6.10 Å². The van der Waals surface area contributed by atoms with Gasteiger partial charge in [0.1, 0.15) is 5.75 Å². The van der Waals surface area contributed by atoms with Crippen LogP contribution in [0.2, 0.25) is 0 Å². The molecule has 2 aromatic rings. The second kappa shape index (κ2) is 7.74. The Balaban J connectivity index is 2.16. The molecule has 1 N–H and O–H groups in total. The molecule has 0 bridgehead atoms. The van der Waals surface area contributed by atoms with Gasteiger partial charge in [-0.2, -0.15) is 0 Å². The van der Waals surface area contributed by atoms with E-state index in [0.29, 0.717) is 18.5 Å². The highest BCUT2D eigenvalue weighted by atomic mass is 16.5. The van der Waals surface area contributed by atoms with E-state index in [1.54, 1.807) is 38.4 Å². The van der Waals surface area contributed by atoms with Crippen molar-refractivity contribution in [2.24, 2.45) is 0 Å². The van der Waals surface area contributed by atoms with Crippen LogP contribution in [0, 0.1) is 0 Å². The van der Waals surface area contributed by atoms with E-state index in [1.165, 1.54) is 0 Å². The fraction of sp³-hybridized carbons (Fsp3) is 0.333. The number of amides is 1. The first kappa shape index (κ1) is 17.0. The summed E-state index contributed by atoms with van der Waals surface area (Å²) in [6, 6.07) is 9.44. The van der Waals surface area contributed by atoms with E-state index in [-0.39, 0.29) is 5.91 Å². The zero-order valence-corrected chi connectivity index (χ0v) is 13.7. The van der Waals surface area contributed by atoms with Crippen molar-refractivity contribution in [2.45, 2.75) is 19.4 Å². The minimum Gasteiger partial charge on any atom is -0.497 e. The van der Waals surface area contributed by atoms with Gasteiger partial charge in [0.25, 0.3) is 5.91 Å². The van der Waals surface area contributed by atoms with Gasteiger partial charge in [-0.05, 0) is 37.1 Å². The second-order valence-electron chi connectivity index (χ2n) is 5.56. The van der Waals surface area contributed by atoms with E-state index in [4.69, 9.17) is 4.74 Å². The van der Waals surface area contributed by atoms with Crippen LogP contribution in [0.25, 0.3) is 11.1 Å². The first-order chi connectivity index (χ1) is 11.0. The van der Waals surface area contributed by atoms with Crippen LogP contribution in [0.15, 0.2) is 42.7 Å². The number of aromatic nitrogens is 1. The largest absolute Gasteiger partial charge is 0.497 e. The molecule has 1 amide bonds. The molecule has 5 heteroatoms. The molecule has 1 aromatic heterocycles. The number of carbonyl (C=O) groups is 1. The van der Waals surface area contributed by atoms with Crippen molar-refractivity contribution < 1.29 is 14.6 Å². The Labute approximate surface area is 136 Å². The molecule has 2 rings (SSSR count). The highest BCUT2D eigenvalue weighted by molar-refractivity contribution is 5.94. The maximum absolute atomic E-state index is 12.4. The molecule has 1 heterocycles. The van der Waals surface area contributed by atoms with Crippen LogP contribution in [-0.4, -0.2) is 47.7 Å². The fourth-order valence-electron chi connectivity index (χ4n) is 2.20. The molecule has 0 aliphatic heterocycles. The molecule has 0 saturated heterocycles. The molecular weight excluding hydrogens is 292 g/mol. The highest BCUT2D eigenvalue weighted by Crippen LogP contribution is 2.22. The molecule has 1 aromatic carbocycles. The number of pyridine rings is 1. The van der Waals surface area contributed by atoms with Crippen LogP contribution >= 0.6 is 0 Å². The van der Waals surface area contributed by atoms with Gasteiger partial charge < -0.3 is 14.7 Å². The standard InChI is InChI=1S/C18H22N2O3/c1-13(21)8-9-20(2)18(22)16-10-15(11-19-12-16)14-4-6-17(23-3)7-5-14/h4-7,10-13,21H,8-9H2,1-3H3. The summed E-state index contributed by atoms with van der Waals surface area (Å²) in [5, 5.41) is 9.33. The highest BCUT2D eigenvalue weighted by Gasteiger charge is 2.13. The Morgan fingerprint density at radius 3 is 2.57 bits per heavy atom. The van der Waals surface area contributed by atoms with Gasteiger partial charge in [0.15, 0.2) is 0 Å². The van der Waals surface area contributed by atoms with Crippen LogP contribution < -0.4 is 4.74 Å². The van der Waals surface area contributed by atoms with Crippen molar-refractivity contribution >= 4 is 5.91 Å². The SMILES string of the molecule is COc1ccc(-c2cncc(C(=O)N(C)CCC(C)O)c2)cc1. The number of carbonyl (C=O) groups excluding carboxylic acids is 1. The normalized spacial score (nSPS) is 11.8. The molecule has 5 nitrogen and oxygen atoms in total. The lowest BCUT2D eigenvalue weighted by Gasteiger charge is -2.18.